The zero-order valence-corrected chi connectivity index (χ0v) is 15.2. The van der Waals surface area contributed by atoms with Gasteiger partial charge in [0.25, 0.3) is 0 Å². The van der Waals surface area contributed by atoms with Gasteiger partial charge in [-0.2, -0.15) is 0 Å². The molecular formula is C17H15Cl2N3OS. The molecule has 1 atom stereocenters. The normalized spacial score (nSPS) is 16.6. The standard InChI is InChI=1S/C17H15Cl2N3OS/c1-11-10-20-17(24-11)22(15-4-2-3-13(19)9-15)16(23)21-14-7-5-12(18)6-8-14/h2-9,11H,10H2,1H3,(H,21,23)/t11-/m1/s1. The average molecular weight is 380 g/mol. The zero-order valence-electron chi connectivity index (χ0n) is 12.9. The fourth-order valence-electron chi connectivity index (χ4n) is 2.23. The molecule has 24 heavy (non-hydrogen) atoms. The van der Waals surface area contributed by atoms with Gasteiger partial charge in [0.05, 0.1) is 12.2 Å². The van der Waals surface area contributed by atoms with Crippen LogP contribution in [0.5, 0.6) is 0 Å². The van der Waals surface area contributed by atoms with Gasteiger partial charge in [-0.1, -0.05) is 48.0 Å². The van der Waals surface area contributed by atoms with Crippen LogP contribution in [-0.2, 0) is 0 Å². The number of nitrogens with one attached hydrogen (secondary N) is 1. The number of urea groups is 1. The lowest BCUT2D eigenvalue weighted by Crippen LogP contribution is -2.38. The predicted octanol–water partition coefficient (Wildman–Crippen LogP) is 5.52. The van der Waals surface area contributed by atoms with Crippen LogP contribution in [0.1, 0.15) is 6.92 Å². The van der Waals surface area contributed by atoms with Crippen molar-refractivity contribution in [2.45, 2.75) is 12.2 Å². The Morgan fingerprint density at radius 1 is 1.21 bits per heavy atom. The van der Waals surface area contributed by atoms with Crippen molar-refractivity contribution >= 4 is 57.5 Å². The Bertz CT molecular complexity index is 780. The average Bonchev–Trinajstić information content (AvgIpc) is 2.96. The summed E-state index contributed by atoms with van der Waals surface area (Å²) >= 11 is 13.5. The highest BCUT2D eigenvalue weighted by Gasteiger charge is 2.27. The van der Waals surface area contributed by atoms with E-state index >= 15 is 0 Å². The molecule has 124 valence electrons. The number of nitrogens with zero attached hydrogens (tertiary/aromatic N) is 2. The third-order valence-electron chi connectivity index (χ3n) is 3.35. The van der Waals surface area contributed by atoms with Crippen LogP contribution >= 0.6 is 35.0 Å². The number of rotatable bonds is 2. The predicted molar refractivity (Wildman–Crippen MR) is 104 cm³/mol. The summed E-state index contributed by atoms with van der Waals surface area (Å²) in [6.45, 7) is 2.76. The molecule has 0 bridgehead atoms. The minimum absolute atomic E-state index is 0.292. The topological polar surface area (TPSA) is 44.7 Å². The number of carbonyl (C=O) groups excluding carboxylic acids is 1. The monoisotopic (exact) mass is 379 g/mol. The van der Waals surface area contributed by atoms with Gasteiger partial charge in [0.1, 0.15) is 0 Å². The van der Waals surface area contributed by atoms with E-state index in [1.165, 1.54) is 0 Å². The van der Waals surface area contributed by atoms with Crippen molar-refractivity contribution in [3.8, 4) is 0 Å². The highest BCUT2D eigenvalue weighted by atomic mass is 35.5. The SMILES string of the molecule is C[C@@H]1CN=C(N(C(=O)Nc2ccc(Cl)cc2)c2cccc(Cl)c2)S1. The molecule has 0 spiro atoms. The lowest BCUT2D eigenvalue weighted by atomic mass is 10.3. The summed E-state index contributed by atoms with van der Waals surface area (Å²) in [5.41, 5.74) is 1.34. The van der Waals surface area contributed by atoms with E-state index in [0.717, 1.165) is 0 Å². The van der Waals surface area contributed by atoms with Crippen LogP contribution < -0.4 is 10.2 Å². The minimum atomic E-state index is -0.292. The van der Waals surface area contributed by atoms with Crippen molar-refractivity contribution in [3.63, 3.8) is 0 Å². The number of thioether (sulfide) groups is 1. The highest BCUT2D eigenvalue weighted by molar-refractivity contribution is 8.15. The first kappa shape index (κ1) is 17.1. The summed E-state index contributed by atoms with van der Waals surface area (Å²) in [6.07, 6.45) is 0. The summed E-state index contributed by atoms with van der Waals surface area (Å²) in [6, 6.07) is 13.8. The van der Waals surface area contributed by atoms with E-state index in [0.29, 0.717) is 38.4 Å². The summed E-state index contributed by atoms with van der Waals surface area (Å²) in [5, 5.41) is 5.05. The van der Waals surface area contributed by atoms with Crippen molar-refractivity contribution < 1.29 is 4.79 Å². The van der Waals surface area contributed by atoms with Gasteiger partial charge in [-0.3, -0.25) is 4.99 Å². The Hall–Kier alpha value is -1.69. The second kappa shape index (κ2) is 7.47. The first-order valence-corrected chi connectivity index (χ1v) is 9.00. The van der Waals surface area contributed by atoms with Gasteiger partial charge in [0.2, 0.25) is 0 Å². The number of benzene rings is 2. The summed E-state index contributed by atoms with van der Waals surface area (Å²) in [5.74, 6) is 0. The fraction of sp³-hybridized carbons (Fsp3) is 0.176. The molecule has 0 radical (unpaired) electrons. The molecule has 0 unspecified atom stereocenters. The molecule has 2 aromatic carbocycles. The first-order chi connectivity index (χ1) is 11.5. The van der Waals surface area contributed by atoms with Crippen LogP contribution in [0.15, 0.2) is 53.5 Å². The third kappa shape index (κ3) is 4.04. The third-order valence-corrected chi connectivity index (χ3v) is 4.91. The number of amides is 2. The number of halogens is 2. The lowest BCUT2D eigenvalue weighted by molar-refractivity contribution is 0.259. The van der Waals surface area contributed by atoms with E-state index in [9.17, 15) is 4.79 Å². The van der Waals surface area contributed by atoms with Gasteiger partial charge in [-0.05, 0) is 42.5 Å². The van der Waals surface area contributed by atoms with Crippen LogP contribution in [0, 0.1) is 0 Å². The number of aliphatic imine (C=N–C) groups is 1. The molecule has 0 aliphatic carbocycles. The molecule has 0 saturated carbocycles. The number of anilines is 2. The van der Waals surface area contributed by atoms with E-state index < -0.39 is 0 Å². The van der Waals surface area contributed by atoms with E-state index in [4.69, 9.17) is 23.2 Å². The Labute approximate surface area is 154 Å². The largest absolute Gasteiger partial charge is 0.332 e. The summed E-state index contributed by atoms with van der Waals surface area (Å²) in [4.78, 5) is 18.9. The highest BCUT2D eigenvalue weighted by Crippen LogP contribution is 2.29. The van der Waals surface area contributed by atoms with Crippen molar-refractivity contribution in [2.75, 3.05) is 16.8 Å². The van der Waals surface area contributed by atoms with Gasteiger partial charge in [-0.15, -0.1) is 0 Å². The smallest absolute Gasteiger partial charge is 0.307 e. The fourth-order valence-corrected chi connectivity index (χ4v) is 3.49. The maximum Gasteiger partial charge on any atom is 0.332 e. The quantitative estimate of drug-likeness (QED) is 0.745. The number of carbonyl (C=O) groups is 1. The van der Waals surface area contributed by atoms with Crippen LogP contribution in [0.4, 0.5) is 16.2 Å². The first-order valence-electron chi connectivity index (χ1n) is 7.36. The molecular weight excluding hydrogens is 365 g/mol. The van der Waals surface area contributed by atoms with E-state index in [1.54, 1.807) is 53.1 Å². The van der Waals surface area contributed by atoms with Crippen molar-refractivity contribution in [1.29, 1.82) is 0 Å². The van der Waals surface area contributed by atoms with Crippen LogP contribution in [0.2, 0.25) is 10.0 Å². The van der Waals surface area contributed by atoms with Crippen molar-refractivity contribution in [3.05, 3.63) is 58.6 Å². The lowest BCUT2D eigenvalue weighted by Gasteiger charge is -2.23. The Morgan fingerprint density at radius 2 is 1.96 bits per heavy atom. The van der Waals surface area contributed by atoms with Crippen LogP contribution in [-0.4, -0.2) is 23.0 Å². The Balaban J connectivity index is 1.89. The molecule has 1 aliphatic rings. The Morgan fingerprint density at radius 3 is 2.58 bits per heavy atom. The molecule has 0 saturated heterocycles. The molecule has 3 rings (SSSR count). The van der Waals surface area contributed by atoms with E-state index in [1.807, 2.05) is 12.1 Å². The van der Waals surface area contributed by atoms with Crippen molar-refractivity contribution in [1.82, 2.24) is 0 Å². The Kier molecular flexibility index (Phi) is 5.33. The van der Waals surface area contributed by atoms with E-state index in [2.05, 4.69) is 17.2 Å². The number of hydrogen-bond acceptors (Lipinski definition) is 3. The van der Waals surface area contributed by atoms with Crippen LogP contribution in [0.3, 0.4) is 0 Å². The van der Waals surface area contributed by atoms with Gasteiger partial charge < -0.3 is 5.32 Å². The van der Waals surface area contributed by atoms with Gasteiger partial charge in [0, 0.05) is 21.0 Å². The molecule has 1 heterocycles. The van der Waals surface area contributed by atoms with Gasteiger partial charge >= 0.3 is 6.03 Å². The molecule has 1 N–H and O–H groups in total. The number of amidine groups is 1. The summed E-state index contributed by atoms with van der Waals surface area (Å²) in [7, 11) is 0. The molecule has 4 nitrogen and oxygen atoms in total. The van der Waals surface area contributed by atoms with Gasteiger partial charge in [-0.25, -0.2) is 9.69 Å². The molecule has 7 heteroatoms. The second-order valence-electron chi connectivity index (χ2n) is 5.30. The van der Waals surface area contributed by atoms with Crippen LogP contribution in [0.25, 0.3) is 0 Å². The van der Waals surface area contributed by atoms with Gasteiger partial charge in [0.15, 0.2) is 5.17 Å². The second-order valence-corrected chi connectivity index (χ2v) is 7.58. The molecule has 0 fully saturated rings. The minimum Gasteiger partial charge on any atom is -0.307 e. The summed E-state index contributed by atoms with van der Waals surface area (Å²) < 4.78 is 0. The maximum atomic E-state index is 12.8. The molecule has 0 aromatic heterocycles. The van der Waals surface area contributed by atoms with Crippen molar-refractivity contribution in [2.24, 2.45) is 4.99 Å². The molecule has 1 aliphatic heterocycles. The molecule has 2 amide bonds. The zero-order chi connectivity index (χ0) is 17.1. The number of hydrogen-bond donors (Lipinski definition) is 1. The molecule has 2 aromatic rings. The maximum absolute atomic E-state index is 12.8. The van der Waals surface area contributed by atoms with E-state index in [-0.39, 0.29) is 6.03 Å².